The number of fused-ring (bicyclic) bond motifs is 1. The van der Waals surface area contributed by atoms with E-state index in [4.69, 9.17) is 5.11 Å². The molecule has 2 aromatic rings. The van der Waals surface area contributed by atoms with Gasteiger partial charge in [0.25, 0.3) is 11.1 Å². The molecule has 2 heterocycles. The lowest BCUT2D eigenvalue weighted by Crippen LogP contribution is -2.29. The van der Waals surface area contributed by atoms with Crippen molar-refractivity contribution in [1.82, 2.24) is 9.88 Å². The van der Waals surface area contributed by atoms with E-state index in [1.165, 1.54) is 4.90 Å². The van der Waals surface area contributed by atoms with Crippen LogP contribution in [0.25, 0.3) is 17.0 Å². The number of amides is 2. The number of carbonyl (C=O) groups excluding carboxylic acids is 2. The molecule has 1 aliphatic rings. The van der Waals surface area contributed by atoms with Crippen LogP contribution < -0.4 is 0 Å². The Bertz CT molecular complexity index is 910. The van der Waals surface area contributed by atoms with Crippen molar-refractivity contribution in [3.8, 4) is 0 Å². The molecule has 2 amide bonds. The van der Waals surface area contributed by atoms with Gasteiger partial charge in [-0.3, -0.25) is 24.3 Å². The largest absolute Gasteiger partial charge is 0.481 e. The van der Waals surface area contributed by atoms with Crippen LogP contribution in [-0.4, -0.2) is 38.7 Å². The number of hydrogen-bond donors (Lipinski definition) is 1. The average Bonchev–Trinajstić information content (AvgIpc) is 2.91. The van der Waals surface area contributed by atoms with Crippen molar-refractivity contribution in [3.05, 3.63) is 47.0 Å². The molecule has 1 fully saturated rings. The highest BCUT2D eigenvalue weighted by Crippen LogP contribution is 2.32. The third kappa shape index (κ3) is 4.95. The lowest BCUT2D eigenvalue weighted by Gasteiger charge is -2.11. The molecule has 1 saturated heterocycles. The molecule has 0 saturated carbocycles. The van der Waals surface area contributed by atoms with Gasteiger partial charge in [-0.05, 0) is 48.4 Å². The second kappa shape index (κ2) is 8.81. The Morgan fingerprint density at radius 3 is 2.78 bits per heavy atom. The summed E-state index contributed by atoms with van der Waals surface area (Å²) in [5.74, 6) is -1.06. The van der Waals surface area contributed by atoms with Crippen molar-refractivity contribution in [2.24, 2.45) is 0 Å². The minimum atomic E-state index is -0.796. The van der Waals surface area contributed by atoms with Crippen LogP contribution in [0.1, 0.15) is 37.7 Å². The summed E-state index contributed by atoms with van der Waals surface area (Å²) < 4.78 is 0. The number of carboxylic acids is 1. The van der Waals surface area contributed by atoms with E-state index in [-0.39, 0.29) is 17.6 Å². The molecule has 1 aromatic heterocycles. The summed E-state index contributed by atoms with van der Waals surface area (Å²) in [4.78, 5) is 41.1. The molecule has 0 spiro atoms. The number of nitrogens with zero attached hydrogens (tertiary/aromatic N) is 2. The number of carbonyl (C=O) groups is 3. The number of carboxylic acid groups (broad SMARTS) is 1. The van der Waals surface area contributed by atoms with Crippen LogP contribution in [0.3, 0.4) is 0 Å². The van der Waals surface area contributed by atoms with E-state index in [1.807, 2.05) is 30.3 Å². The Morgan fingerprint density at radius 1 is 1.15 bits per heavy atom. The number of unbranched alkanes of at least 4 members (excludes halogenated alkanes) is 3. The Balaban J connectivity index is 1.59. The van der Waals surface area contributed by atoms with Crippen LogP contribution in [0.15, 0.2) is 41.4 Å². The van der Waals surface area contributed by atoms with E-state index in [9.17, 15) is 14.4 Å². The van der Waals surface area contributed by atoms with Crippen LogP contribution in [0.2, 0.25) is 0 Å². The van der Waals surface area contributed by atoms with Crippen LogP contribution >= 0.6 is 11.8 Å². The summed E-state index contributed by atoms with van der Waals surface area (Å²) >= 11 is 0.955. The van der Waals surface area contributed by atoms with Crippen molar-refractivity contribution in [2.45, 2.75) is 32.1 Å². The van der Waals surface area contributed by atoms with Gasteiger partial charge in [0, 0.05) is 24.5 Å². The highest BCUT2D eigenvalue weighted by Gasteiger charge is 2.34. The fraction of sp³-hybridized carbons (Fsp3) is 0.300. The fourth-order valence-electron chi connectivity index (χ4n) is 2.92. The Hall–Kier alpha value is -2.67. The van der Waals surface area contributed by atoms with Crippen molar-refractivity contribution >= 4 is 45.9 Å². The Kier molecular flexibility index (Phi) is 6.24. The lowest BCUT2D eigenvalue weighted by molar-refractivity contribution is -0.137. The van der Waals surface area contributed by atoms with E-state index in [0.29, 0.717) is 24.3 Å². The van der Waals surface area contributed by atoms with Gasteiger partial charge in [0.15, 0.2) is 0 Å². The van der Waals surface area contributed by atoms with Gasteiger partial charge in [0.2, 0.25) is 0 Å². The first kappa shape index (κ1) is 19.1. The predicted molar refractivity (Wildman–Crippen MR) is 105 cm³/mol. The zero-order valence-electron chi connectivity index (χ0n) is 14.8. The molecule has 1 N–H and O–H groups in total. The quantitative estimate of drug-likeness (QED) is 0.539. The zero-order valence-corrected chi connectivity index (χ0v) is 15.6. The van der Waals surface area contributed by atoms with Gasteiger partial charge in [-0.15, -0.1) is 0 Å². The lowest BCUT2D eigenvalue weighted by atomic mass is 10.1. The minimum Gasteiger partial charge on any atom is -0.481 e. The third-order valence-electron chi connectivity index (χ3n) is 4.32. The standard InChI is InChI=1S/C20H20N2O4S/c23-18(24)7-3-1-2-4-11-22-19(25)17(27-20(22)26)13-14-8-9-15-6-5-10-21-16(15)12-14/h5-6,8-10,12-13H,1-4,7,11H2,(H,23,24)/b17-13-. The van der Waals surface area contributed by atoms with E-state index < -0.39 is 5.97 Å². The summed E-state index contributed by atoms with van der Waals surface area (Å²) in [6.45, 7) is 0.369. The van der Waals surface area contributed by atoms with Crippen molar-refractivity contribution < 1.29 is 19.5 Å². The van der Waals surface area contributed by atoms with Crippen LogP contribution in [-0.2, 0) is 9.59 Å². The number of thioether (sulfide) groups is 1. The molecule has 0 unspecified atom stereocenters. The van der Waals surface area contributed by atoms with E-state index in [0.717, 1.165) is 41.1 Å². The van der Waals surface area contributed by atoms with Crippen molar-refractivity contribution in [1.29, 1.82) is 0 Å². The molecule has 7 heteroatoms. The maximum atomic E-state index is 12.5. The second-order valence-electron chi connectivity index (χ2n) is 6.35. The van der Waals surface area contributed by atoms with Gasteiger partial charge in [-0.25, -0.2) is 0 Å². The van der Waals surface area contributed by atoms with Gasteiger partial charge < -0.3 is 5.11 Å². The highest BCUT2D eigenvalue weighted by atomic mass is 32.2. The Labute approximate surface area is 161 Å². The van der Waals surface area contributed by atoms with E-state index in [2.05, 4.69) is 4.98 Å². The highest BCUT2D eigenvalue weighted by molar-refractivity contribution is 8.18. The molecule has 1 aliphatic heterocycles. The average molecular weight is 384 g/mol. The molecule has 6 nitrogen and oxygen atoms in total. The van der Waals surface area contributed by atoms with Crippen molar-refractivity contribution in [3.63, 3.8) is 0 Å². The molecule has 0 radical (unpaired) electrons. The summed E-state index contributed by atoms with van der Waals surface area (Å²) in [6, 6.07) is 9.58. The van der Waals surface area contributed by atoms with Gasteiger partial charge in [0.05, 0.1) is 10.4 Å². The number of imide groups is 1. The Morgan fingerprint density at radius 2 is 1.96 bits per heavy atom. The minimum absolute atomic E-state index is 0.158. The zero-order chi connectivity index (χ0) is 19.2. The van der Waals surface area contributed by atoms with Gasteiger partial charge in [-0.1, -0.05) is 31.0 Å². The molecule has 27 heavy (non-hydrogen) atoms. The number of hydrogen-bond acceptors (Lipinski definition) is 5. The first-order chi connectivity index (χ1) is 13.0. The smallest absolute Gasteiger partial charge is 0.303 e. The summed E-state index contributed by atoms with van der Waals surface area (Å²) in [5.41, 5.74) is 1.67. The number of rotatable bonds is 8. The van der Waals surface area contributed by atoms with Gasteiger partial charge in [0.1, 0.15) is 0 Å². The molecule has 0 aliphatic carbocycles. The van der Waals surface area contributed by atoms with Crippen LogP contribution in [0.5, 0.6) is 0 Å². The topological polar surface area (TPSA) is 87.6 Å². The van der Waals surface area contributed by atoms with Gasteiger partial charge >= 0.3 is 5.97 Å². The number of aromatic nitrogens is 1. The third-order valence-corrected chi connectivity index (χ3v) is 5.23. The molecule has 140 valence electrons. The second-order valence-corrected chi connectivity index (χ2v) is 7.34. The monoisotopic (exact) mass is 384 g/mol. The van der Waals surface area contributed by atoms with Crippen LogP contribution in [0.4, 0.5) is 4.79 Å². The first-order valence-corrected chi connectivity index (χ1v) is 9.68. The van der Waals surface area contributed by atoms with Gasteiger partial charge in [-0.2, -0.15) is 0 Å². The van der Waals surface area contributed by atoms with Crippen molar-refractivity contribution in [2.75, 3.05) is 6.54 Å². The number of aliphatic carboxylic acids is 1. The molecule has 1 aromatic carbocycles. The fourth-order valence-corrected chi connectivity index (χ4v) is 3.78. The number of benzene rings is 1. The SMILES string of the molecule is O=C(O)CCCCCCN1C(=O)S/C(=C\c2ccc3cccnc3c2)C1=O. The number of pyridine rings is 1. The molecule has 0 bridgehead atoms. The van der Waals surface area contributed by atoms with E-state index in [1.54, 1.807) is 12.3 Å². The van der Waals surface area contributed by atoms with Crippen LogP contribution in [0, 0.1) is 0 Å². The molecule has 0 atom stereocenters. The summed E-state index contributed by atoms with van der Waals surface area (Å²) in [5, 5.41) is 9.38. The van der Waals surface area contributed by atoms with E-state index >= 15 is 0 Å². The maximum absolute atomic E-state index is 12.5. The maximum Gasteiger partial charge on any atom is 0.303 e. The molecule has 3 rings (SSSR count). The predicted octanol–water partition coefficient (Wildman–Crippen LogP) is 4.31. The molecular formula is C20H20N2O4S. The first-order valence-electron chi connectivity index (χ1n) is 8.86. The normalized spacial score (nSPS) is 15.9. The summed E-state index contributed by atoms with van der Waals surface area (Å²) in [6.07, 6.45) is 6.48. The summed E-state index contributed by atoms with van der Waals surface area (Å²) in [7, 11) is 0. The molecular weight excluding hydrogens is 364 g/mol.